The predicted molar refractivity (Wildman–Crippen MR) is 92.6 cm³/mol. The van der Waals surface area contributed by atoms with Gasteiger partial charge in [0, 0.05) is 26.2 Å². The zero-order valence-electron chi connectivity index (χ0n) is 15.0. The maximum Gasteiger partial charge on any atom is 0.396 e. The van der Waals surface area contributed by atoms with Gasteiger partial charge in [0.2, 0.25) is 10.0 Å². The van der Waals surface area contributed by atoms with Gasteiger partial charge in [0.05, 0.1) is 11.5 Å². The lowest BCUT2D eigenvalue weighted by Gasteiger charge is -2.32. The van der Waals surface area contributed by atoms with Crippen LogP contribution >= 0.6 is 0 Å². The maximum absolute atomic E-state index is 12.8. The van der Waals surface area contributed by atoms with Gasteiger partial charge in [-0.15, -0.1) is 0 Å². The largest absolute Gasteiger partial charge is 0.494 e. The molecule has 1 saturated heterocycles. The highest BCUT2D eigenvalue weighted by atomic mass is 32.2. The highest BCUT2D eigenvalue weighted by molar-refractivity contribution is 7.89. The minimum absolute atomic E-state index is 0.0441. The third-order valence-electron chi connectivity index (χ3n) is 4.10. The summed E-state index contributed by atoms with van der Waals surface area (Å²) in [6.07, 6.45) is -5.70. The third-order valence-corrected chi connectivity index (χ3v) is 6.01. The van der Waals surface area contributed by atoms with Crippen LogP contribution in [0.4, 0.5) is 19.2 Å². The fourth-order valence-electron chi connectivity index (χ4n) is 2.77. The molecule has 1 aliphatic rings. The van der Waals surface area contributed by atoms with Crippen LogP contribution < -0.4 is 9.64 Å². The van der Waals surface area contributed by atoms with Crippen molar-refractivity contribution in [3.63, 3.8) is 0 Å². The van der Waals surface area contributed by atoms with Gasteiger partial charge in [0.25, 0.3) is 0 Å². The number of aromatic nitrogens is 2. The van der Waals surface area contributed by atoms with E-state index >= 15 is 0 Å². The first-order valence-electron chi connectivity index (χ1n) is 8.56. The minimum atomic E-state index is -4.42. The first-order chi connectivity index (χ1) is 13.2. The van der Waals surface area contributed by atoms with Crippen molar-refractivity contribution >= 4 is 16.0 Å². The van der Waals surface area contributed by atoms with Crippen LogP contribution in [0.15, 0.2) is 33.7 Å². The van der Waals surface area contributed by atoms with Crippen LogP contribution in [0.3, 0.4) is 0 Å². The van der Waals surface area contributed by atoms with Crippen molar-refractivity contribution < 1.29 is 30.8 Å². The zero-order chi connectivity index (χ0) is 20.4. The number of halogens is 3. The number of ether oxygens (including phenoxy) is 1. The lowest BCUT2D eigenvalue weighted by atomic mass is 10.3. The molecular formula is C16H19F3N4O4S. The van der Waals surface area contributed by atoms with Crippen molar-refractivity contribution in [1.29, 1.82) is 0 Å². The SMILES string of the molecule is CCOc1ccc(S(=O)(=O)N2CCN(c3nc(CC(F)(F)F)no3)CC2)cc1. The summed E-state index contributed by atoms with van der Waals surface area (Å²) in [4.78, 5) is 5.45. The fourth-order valence-corrected chi connectivity index (χ4v) is 4.19. The molecule has 0 bridgehead atoms. The van der Waals surface area contributed by atoms with Gasteiger partial charge in [-0.2, -0.15) is 22.5 Å². The topological polar surface area (TPSA) is 88.8 Å². The Morgan fingerprint density at radius 3 is 2.36 bits per heavy atom. The Bertz CT molecular complexity index is 891. The minimum Gasteiger partial charge on any atom is -0.494 e. The quantitative estimate of drug-likeness (QED) is 0.707. The van der Waals surface area contributed by atoms with Crippen LogP contribution in [0.2, 0.25) is 0 Å². The Morgan fingerprint density at radius 1 is 1.14 bits per heavy atom. The number of alkyl halides is 3. The Kier molecular flexibility index (Phi) is 5.79. The van der Waals surface area contributed by atoms with Crippen molar-refractivity contribution in [3.8, 4) is 5.75 Å². The number of benzene rings is 1. The number of hydrogen-bond acceptors (Lipinski definition) is 7. The molecule has 2 aromatic rings. The van der Waals surface area contributed by atoms with Crippen molar-refractivity contribution in [2.24, 2.45) is 0 Å². The van der Waals surface area contributed by atoms with E-state index in [1.54, 1.807) is 17.0 Å². The first-order valence-corrected chi connectivity index (χ1v) is 10.0. The molecule has 1 aliphatic heterocycles. The van der Waals surface area contributed by atoms with E-state index in [-0.39, 0.29) is 37.1 Å². The predicted octanol–water partition coefficient (Wildman–Crippen LogP) is 2.08. The number of piperazine rings is 1. The fraction of sp³-hybridized carbons (Fsp3) is 0.500. The number of sulfonamides is 1. The van der Waals surface area contributed by atoms with E-state index in [9.17, 15) is 21.6 Å². The highest BCUT2D eigenvalue weighted by Gasteiger charge is 2.33. The summed E-state index contributed by atoms with van der Waals surface area (Å²) in [7, 11) is -3.68. The highest BCUT2D eigenvalue weighted by Crippen LogP contribution is 2.24. The second kappa shape index (κ2) is 7.95. The van der Waals surface area contributed by atoms with Crippen molar-refractivity contribution in [2.45, 2.75) is 24.4 Å². The Labute approximate surface area is 159 Å². The van der Waals surface area contributed by atoms with Crippen molar-refractivity contribution in [1.82, 2.24) is 14.4 Å². The molecule has 1 aromatic carbocycles. The third kappa shape index (κ3) is 4.73. The summed E-state index contributed by atoms with van der Waals surface area (Å²) < 4.78 is 74.2. The molecule has 0 saturated carbocycles. The summed E-state index contributed by atoms with van der Waals surface area (Å²) in [6, 6.07) is 6.10. The molecule has 8 nitrogen and oxygen atoms in total. The Morgan fingerprint density at radius 2 is 1.79 bits per heavy atom. The lowest BCUT2D eigenvalue weighted by molar-refractivity contribution is -0.128. The van der Waals surface area contributed by atoms with Gasteiger partial charge in [0.15, 0.2) is 5.82 Å². The molecule has 0 aliphatic carbocycles. The molecule has 1 fully saturated rings. The summed E-state index contributed by atoms with van der Waals surface area (Å²) in [6.45, 7) is 3.06. The van der Waals surface area contributed by atoms with Crippen LogP contribution in [0.1, 0.15) is 12.7 Å². The normalized spacial score (nSPS) is 16.4. The molecule has 0 unspecified atom stereocenters. The zero-order valence-corrected chi connectivity index (χ0v) is 15.8. The van der Waals surface area contributed by atoms with Crippen LogP contribution in [0.25, 0.3) is 0 Å². The van der Waals surface area contributed by atoms with Crippen LogP contribution in [-0.4, -0.2) is 61.8 Å². The number of nitrogens with zero attached hydrogens (tertiary/aromatic N) is 4. The molecular weight excluding hydrogens is 401 g/mol. The second-order valence-electron chi connectivity index (χ2n) is 6.08. The van der Waals surface area contributed by atoms with E-state index in [1.807, 2.05) is 6.92 Å². The standard InChI is InChI=1S/C16H19F3N4O4S/c1-2-26-12-3-5-13(6-4-12)28(24,25)23-9-7-22(8-10-23)15-20-14(21-27-15)11-16(17,18)19/h3-6H,2,7-11H2,1H3. The summed E-state index contributed by atoms with van der Waals surface area (Å²) >= 11 is 0. The van der Waals surface area contributed by atoms with Gasteiger partial charge in [-0.25, -0.2) is 8.42 Å². The average molecular weight is 420 g/mol. The average Bonchev–Trinajstić information content (AvgIpc) is 3.09. The molecule has 2 heterocycles. The van der Waals surface area contributed by atoms with Gasteiger partial charge in [0.1, 0.15) is 12.2 Å². The molecule has 0 N–H and O–H groups in total. The number of anilines is 1. The van der Waals surface area contributed by atoms with Crippen molar-refractivity contribution in [2.75, 3.05) is 37.7 Å². The van der Waals surface area contributed by atoms with E-state index in [0.717, 1.165) is 0 Å². The molecule has 0 atom stereocenters. The summed E-state index contributed by atoms with van der Waals surface area (Å²) in [5, 5.41) is 3.32. The van der Waals surface area contributed by atoms with Crippen molar-refractivity contribution in [3.05, 3.63) is 30.1 Å². The summed E-state index contributed by atoms with van der Waals surface area (Å²) in [5.74, 6) is 0.129. The first kappa shape index (κ1) is 20.4. The second-order valence-corrected chi connectivity index (χ2v) is 8.02. The number of rotatable bonds is 6. The van der Waals surface area contributed by atoms with E-state index < -0.39 is 28.4 Å². The van der Waals surface area contributed by atoms with Gasteiger partial charge in [-0.05, 0) is 31.2 Å². The number of hydrogen-bond donors (Lipinski definition) is 0. The molecule has 0 amide bonds. The molecule has 0 radical (unpaired) electrons. The smallest absolute Gasteiger partial charge is 0.396 e. The van der Waals surface area contributed by atoms with E-state index in [4.69, 9.17) is 9.26 Å². The van der Waals surface area contributed by atoms with E-state index in [2.05, 4.69) is 10.1 Å². The van der Waals surface area contributed by atoms with Gasteiger partial charge >= 0.3 is 12.2 Å². The van der Waals surface area contributed by atoms with Crippen LogP contribution in [-0.2, 0) is 16.4 Å². The molecule has 12 heteroatoms. The summed E-state index contributed by atoms with van der Waals surface area (Å²) in [5.41, 5.74) is 0. The van der Waals surface area contributed by atoms with Gasteiger partial charge in [-0.3, -0.25) is 0 Å². The van der Waals surface area contributed by atoms with Crippen LogP contribution in [0.5, 0.6) is 5.75 Å². The lowest BCUT2D eigenvalue weighted by Crippen LogP contribution is -2.48. The molecule has 1 aromatic heterocycles. The van der Waals surface area contributed by atoms with E-state index in [0.29, 0.717) is 12.4 Å². The Hall–Kier alpha value is -2.34. The molecule has 3 rings (SSSR count). The molecule has 28 heavy (non-hydrogen) atoms. The molecule has 0 spiro atoms. The Balaban J connectivity index is 1.63. The monoisotopic (exact) mass is 420 g/mol. The van der Waals surface area contributed by atoms with E-state index in [1.165, 1.54) is 16.4 Å². The van der Waals surface area contributed by atoms with Gasteiger partial charge in [-0.1, -0.05) is 5.16 Å². The maximum atomic E-state index is 12.8. The van der Waals surface area contributed by atoms with Crippen LogP contribution in [0, 0.1) is 0 Å². The van der Waals surface area contributed by atoms with Gasteiger partial charge < -0.3 is 14.2 Å². The molecule has 154 valence electrons.